The van der Waals surface area contributed by atoms with Gasteiger partial charge in [0.2, 0.25) is 0 Å². The molecule has 0 unspecified atom stereocenters. The van der Waals surface area contributed by atoms with E-state index in [9.17, 15) is 5.11 Å². The van der Waals surface area contributed by atoms with E-state index in [1.807, 2.05) is 23.9 Å². The summed E-state index contributed by atoms with van der Waals surface area (Å²) in [7, 11) is 0. The van der Waals surface area contributed by atoms with Gasteiger partial charge in [0.15, 0.2) is 0 Å². The van der Waals surface area contributed by atoms with Crippen molar-refractivity contribution in [3.05, 3.63) is 23.4 Å². The van der Waals surface area contributed by atoms with Gasteiger partial charge in [0, 0.05) is 30.3 Å². The van der Waals surface area contributed by atoms with Crippen LogP contribution in [0.2, 0.25) is 0 Å². The highest BCUT2D eigenvalue weighted by Gasteiger charge is 2.13. The average molecular weight is 238 g/mol. The Bertz CT molecular complexity index is 329. The van der Waals surface area contributed by atoms with Gasteiger partial charge < -0.3 is 10.0 Å². The quantitative estimate of drug-likeness (QED) is 0.869. The van der Waals surface area contributed by atoms with Crippen LogP contribution in [-0.4, -0.2) is 34.7 Å². The summed E-state index contributed by atoms with van der Waals surface area (Å²) < 4.78 is 0. The molecule has 16 heavy (non-hydrogen) atoms. The highest BCUT2D eigenvalue weighted by atomic mass is 32.2. The fourth-order valence-electron chi connectivity index (χ4n) is 1.86. The molecule has 0 atom stereocenters. The second-order valence-electron chi connectivity index (χ2n) is 3.94. The molecule has 88 valence electrons. The molecule has 4 heteroatoms. The third-order valence-corrected chi connectivity index (χ3v) is 3.75. The van der Waals surface area contributed by atoms with Gasteiger partial charge in [0.25, 0.3) is 0 Å². The molecule has 0 saturated carbocycles. The van der Waals surface area contributed by atoms with Gasteiger partial charge in [-0.1, -0.05) is 6.92 Å². The van der Waals surface area contributed by atoms with Crippen LogP contribution in [0.3, 0.4) is 0 Å². The van der Waals surface area contributed by atoms with E-state index in [0.29, 0.717) is 0 Å². The van der Waals surface area contributed by atoms with Crippen LogP contribution in [0.1, 0.15) is 18.2 Å². The predicted octanol–water partition coefficient (Wildman–Crippen LogP) is 1.69. The maximum absolute atomic E-state index is 9.23. The molecule has 0 aliphatic carbocycles. The smallest absolute Gasteiger partial charge is 0.129 e. The van der Waals surface area contributed by atoms with E-state index in [1.54, 1.807) is 0 Å². The maximum atomic E-state index is 9.23. The first-order chi connectivity index (χ1) is 7.83. The van der Waals surface area contributed by atoms with Crippen molar-refractivity contribution in [2.75, 3.05) is 29.5 Å². The van der Waals surface area contributed by atoms with Crippen molar-refractivity contribution in [3.8, 4) is 0 Å². The second kappa shape index (κ2) is 5.55. The number of aromatic nitrogens is 1. The van der Waals surface area contributed by atoms with Crippen LogP contribution >= 0.6 is 11.8 Å². The SMILES string of the molecule is CCc1cc(CO)cc(N2CCSCC2)n1. The van der Waals surface area contributed by atoms with Crippen molar-refractivity contribution >= 4 is 17.6 Å². The molecule has 1 fully saturated rings. The number of aliphatic hydroxyl groups is 1. The second-order valence-corrected chi connectivity index (χ2v) is 5.16. The van der Waals surface area contributed by atoms with Gasteiger partial charge in [-0.05, 0) is 24.1 Å². The predicted molar refractivity (Wildman–Crippen MR) is 69.1 cm³/mol. The van der Waals surface area contributed by atoms with Gasteiger partial charge in [-0.2, -0.15) is 11.8 Å². The zero-order chi connectivity index (χ0) is 11.4. The molecule has 1 N–H and O–H groups in total. The molecule has 1 aromatic rings. The van der Waals surface area contributed by atoms with Gasteiger partial charge in [-0.3, -0.25) is 0 Å². The van der Waals surface area contributed by atoms with Crippen molar-refractivity contribution in [3.63, 3.8) is 0 Å². The molecule has 0 amide bonds. The minimum atomic E-state index is 0.102. The van der Waals surface area contributed by atoms with Crippen LogP contribution in [0.4, 0.5) is 5.82 Å². The van der Waals surface area contributed by atoms with E-state index in [0.717, 1.165) is 36.6 Å². The van der Waals surface area contributed by atoms with Gasteiger partial charge in [0.1, 0.15) is 5.82 Å². The lowest BCUT2D eigenvalue weighted by atomic mass is 10.2. The molecule has 2 heterocycles. The monoisotopic (exact) mass is 238 g/mol. The van der Waals surface area contributed by atoms with E-state index < -0.39 is 0 Å². The van der Waals surface area contributed by atoms with Crippen molar-refractivity contribution in [1.82, 2.24) is 4.98 Å². The highest BCUT2D eigenvalue weighted by molar-refractivity contribution is 7.99. The summed E-state index contributed by atoms with van der Waals surface area (Å²) in [5, 5.41) is 9.23. The van der Waals surface area contributed by atoms with E-state index in [1.165, 1.54) is 11.5 Å². The van der Waals surface area contributed by atoms with Gasteiger partial charge >= 0.3 is 0 Å². The average Bonchev–Trinajstić information content (AvgIpc) is 2.39. The molecule has 1 saturated heterocycles. The van der Waals surface area contributed by atoms with E-state index in [2.05, 4.69) is 16.8 Å². The number of hydrogen-bond acceptors (Lipinski definition) is 4. The molecule has 0 spiro atoms. The molecule has 1 aromatic heterocycles. The molecule has 2 rings (SSSR count). The van der Waals surface area contributed by atoms with E-state index >= 15 is 0 Å². The van der Waals surface area contributed by atoms with Crippen molar-refractivity contribution in [1.29, 1.82) is 0 Å². The first-order valence-corrected chi connectivity index (χ1v) is 6.92. The standard InChI is InChI=1S/C12H18N2OS/c1-2-11-7-10(9-15)8-12(13-11)14-3-5-16-6-4-14/h7-8,15H,2-6,9H2,1H3. The minimum absolute atomic E-state index is 0.102. The number of hydrogen-bond donors (Lipinski definition) is 1. The van der Waals surface area contributed by atoms with Crippen LogP contribution in [0.25, 0.3) is 0 Å². The summed E-state index contributed by atoms with van der Waals surface area (Å²) in [4.78, 5) is 6.94. The lowest BCUT2D eigenvalue weighted by Gasteiger charge is -2.28. The Morgan fingerprint density at radius 2 is 2.12 bits per heavy atom. The molecule has 0 radical (unpaired) electrons. The maximum Gasteiger partial charge on any atom is 0.129 e. The lowest BCUT2D eigenvalue weighted by molar-refractivity contribution is 0.281. The first-order valence-electron chi connectivity index (χ1n) is 5.77. The summed E-state index contributed by atoms with van der Waals surface area (Å²) in [6.07, 6.45) is 0.920. The van der Waals surface area contributed by atoms with E-state index in [-0.39, 0.29) is 6.61 Å². The van der Waals surface area contributed by atoms with Crippen molar-refractivity contribution in [2.45, 2.75) is 20.0 Å². The summed E-state index contributed by atoms with van der Waals surface area (Å²) >= 11 is 1.99. The highest BCUT2D eigenvalue weighted by Crippen LogP contribution is 2.19. The van der Waals surface area contributed by atoms with Gasteiger partial charge in [-0.25, -0.2) is 4.98 Å². The van der Waals surface area contributed by atoms with Crippen LogP contribution in [-0.2, 0) is 13.0 Å². The topological polar surface area (TPSA) is 36.4 Å². The lowest BCUT2D eigenvalue weighted by Crippen LogP contribution is -2.33. The molecule has 0 aromatic carbocycles. The molecular formula is C12H18N2OS. The van der Waals surface area contributed by atoms with Crippen molar-refractivity contribution in [2.24, 2.45) is 0 Å². The zero-order valence-corrected chi connectivity index (χ0v) is 10.5. The zero-order valence-electron chi connectivity index (χ0n) is 9.65. The normalized spacial score (nSPS) is 16.5. The Labute approximate surface area is 101 Å². The first kappa shape index (κ1) is 11.7. The van der Waals surface area contributed by atoms with Crippen LogP contribution in [0.15, 0.2) is 12.1 Å². The van der Waals surface area contributed by atoms with Crippen molar-refractivity contribution < 1.29 is 5.11 Å². The number of anilines is 1. The third-order valence-electron chi connectivity index (χ3n) is 2.80. The van der Waals surface area contributed by atoms with Crippen LogP contribution in [0.5, 0.6) is 0 Å². The molecule has 1 aliphatic rings. The molecule has 1 aliphatic heterocycles. The van der Waals surface area contributed by atoms with E-state index in [4.69, 9.17) is 0 Å². The number of pyridine rings is 1. The number of thioether (sulfide) groups is 1. The summed E-state index contributed by atoms with van der Waals surface area (Å²) in [6, 6.07) is 4.00. The Morgan fingerprint density at radius 1 is 1.38 bits per heavy atom. The third kappa shape index (κ3) is 2.68. The minimum Gasteiger partial charge on any atom is -0.392 e. The van der Waals surface area contributed by atoms with Gasteiger partial charge in [-0.15, -0.1) is 0 Å². The Hall–Kier alpha value is -0.740. The van der Waals surface area contributed by atoms with Gasteiger partial charge in [0.05, 0.1) is 6.61 Å². The number of nitrogens with zero attached hydrogens (tertiary/aromatic N) is 2. The number of aliphatic hydroxyl groups excluding tert-OH is 1. The molecule has 0 bridgehead atoms. The van der Waals surface area contributed by atoms with Crippen LogP contribution < -0.4 is 4.90 Å². The Balaban J connectivity index is 2.24. The molecule has 3 nitrogen and oxygen atoms in total. The summed E-state index contributed by atoms with van der Waals surface area (Å²) in [6.45, 7) is 4.33. The number of aryl methyl sites for hydroxylation is 1. The summed E-state index contributed by atoms with van der Waals surface area (Å²) in [5.41, 5.74) is 2.04. The summed E-state index contributed by atoms with van der Waals surface area (Å²) in [5.74, 6) is 3.38. The fraction of sp³-hybridized carbons (Fsp3) is 0.583. The Morgan fingerprint density at radius 3 is 2.75 bits per heavy atom. The fourth-order valence-corrected chi connectivity index (χ4v) is 2.76. The van der Waals surface area contributed by atoms with Crippen LogP contribution in [0, 0.1) is 0 Å². The molecular weight excluding hydrogens is 220 g/mol. The largest absolute Gasteiger partial charge is 0.392 e. The Kier molecular flexibility index (Phi) is 4.07. The number of rotatable bonds is 3.